The van der Waals surface area contributed by atoms with Crippen LogP contribution in [-0.4, -0.2) is 215 Å². The van der Waals surface area contributed by atoms with Gasteiger partial charge < -0.3 is 94.9 Å². The van der Waals surface area contributed by atoms with Gasteiger partial charge in [0, 0.05) is 68.4 Å². The van der Waals surface area contributed by atoms with Crippen molar-refractivity contribution in [3.63, 3.8) is 0 Å². The average Bonchev–Trinajstić information content (AvgIpc) is 1.36. The highest BCUT2D eigenvalue weighted by molar-refractivity contribution is 6.04. The van der Waals surface area contributed by atoms with E-state index in [-0.39, 0.29) is 74.5 Å². The molecule has 0 spiro atoms. The fourth-order valence-corrected chi connectivity index (χ4v) is 9.35. The van der Waals surface area contributed by atoms with Gasteiger partial charge in [-0.25, -0.2) is 23.6 Å². The number of fused-ring (bicyclic) bond motifs is 1. The number of phenols is 6. The number of aromatic carboxylic acids is 1. The third kappa shape index (κ3) is 18.3. The quantitative estimate of drug-likeness (QED) is 0.0192. The second kappa shape index (κ2) is 32.1. The highest BCUT2D eigenvalue weighted by Gasteiger charge is 2.36. The van der Waals surface area contributed by atoms with E-state index >= 15 is 0 Å². The number of aromatic nitrogens is 1. The van der Waals surface area contributed by atoms with E-state index in [1.54, 1.807) is 6.07 Å². The van der Waals surface area contributed by atoms with E-state index in [9.17, 15) is 88.1 Å². The van der Waals surface area contributed by atoms with Gasteiger partial charge in [-0.15, -0.1) is 0 Å². The van der Waals surface area contributed by atoms with E-state index in [1.165, 1.54) is 31.3 Å². The second-order valence-corrected chi connectivity index (χ2v) is 21.5. The zero-order chi connectivity index (χ0) is 66.9. The number of Topliss-reactive ketones (excluding diaryl/α,β-unsaturated/α-hetero) is 1. The summed E-state index contributed by atoms with van der Waals surface area (Å²) in [6, 6.07) is 6.08. The zero-order valence-corrected chi connectivity index (χ0v) is 50.1. The summed E-state index contributed by atoms with van der Waals surface area (Å²) in [5.74, 6) is -15.6. The molecule has 0 unspecified atom stereocenters. The van der Waals surface area contributed by atoms with Crippen LogP contribution in [0, 0.1) is 5.82 Å². The summed E-state index contributed by atoms with van der Waals surface area (Å²) in [7, 11) is 0. The molecule has 3 heterocycles. The number of carbonyl (C=O) groups excluding carboxylic acids is 8. The number of piperazine rings is 1. The molecule has 4 amide bonds. The molecule has 2 saturated heterocycles. The first-order valence-electron chi connectivity index (χ1n) is 29.0. The van der Waals surface area contributed by atoms with E-state index < -0.39 is 148 Å². The summed E-state index contributed by atoms with van der Waals surface area (Å²) >= 11 is 0. The van der Waals surface area contributed by atoms with Crippen LogP contribution >= 0.6 is 0 Å². The summed E-state index contributed by atoms with van der Waals surface area (Å²) in [5, 5.41) is 79.5. The van der Waals surface area contributed by atoms with Crippen molar-refractivity contribution >= 4 is 69.9 Å². The molecule has 3 fully saturated rings. The number of amides is 4. The number of ether oxygens (including phenoxy) is 6. The molecule has 3 atom stereocenters. The van der Waals surface area contributed by atoms with Crippen LogP contribution in [0.25, 0.3) is 10.9 Å². The van der Waals surface area contributed by atoms with Crippen LogP contribution in [0.2, 0.25) is 0 Å². The van der Waals surface area contributed by atoms with Crippen LogP contribution in [0.1, 0.15) is 97.9 Å². The maximum atomic E-state index is 14.9. The monoisotopic (exact) mass is 1290 g/mol. The Kier molecular flexibility index (Phi) is 24.2. The van der Waals surface area contributed by atoms with Crippen molar-refractivity contribution in [3.05, 3.63) is 111 Å². The number of carboxylic acids is 1. The number of carboxylic acid groups (broad SMARTS) is 1. The summed E-state index contributed by atoms with van der Waals surface area (Å²) in [6.07, 6.45) is 3.61. The molecule has 3 aliphatic rings. The number of anilines is 1. The van der Waals surface area contributed by atoms with Crippen LogP contribution < -0.4 is 31.6 Å². The maximum Gasteiger partial charge on any atom is 0.341 e. The SMILES string of the molecule is CC(=O)CCOCCOCCOCCNC(=O)c1cc(O)c(O)c(C(=O)N[C@H]2COC(=O)[C@@H](NC(=O)c3cccc(O)c3O)COC(=O)[C@@H](NC(=O)c3cccc(O)c3O)COC2=O)c1.CC(C)N1CCN(c2cc3c(cc2F)c(=O)c(C(=O)O)cn3C2CC2)CC1. The summed E-state index contributed by atoms with van der Waals surface area (Å²) in [5.41, 5.74) is -1.97. The van der Waals surface area contributed by atoms with Crippen molar-refractivity contribution in [1.82, 2.24) is 30.7 Å². The van der Waals surface area contributed by atoms with E-state index in [0.29, 0.717) is 23.7 Å². The molecule has 1 aliphatic carbocycles. The van der Waals surface area contributed by atoms with Gasteiger partial charge in [-0.3, -0.25) is 33.7 Å². The predicted molar refractivity (Wildman–Crippen MR) is 318 cm³/mol. The molecule has 8 rings (SSSR count). The van der Waals surface area contributed by atoms with Gasteiger partial charge in [0.15, 0.2) is 52.6 Å². The van der Waals surface area contributed by atoms with E-state index in [4.69, 9.17) is 28.4 Å². The number of esters is 3. The van der Waals surface area contributed by atoms with Crippen LogP contribution in [0.15, 0.2) is 71.7 Å². The normalized spacial score (nSPS) is 17.2. The van der Waals surface area contributed by atoms with Crippen LogP contribution in [0.3, 0.4) is 0 Å². The minimum absolute atomic E-state index is 0.00952. The number of halogens is 1. The zero-order valence-electron chi connectivity index (χ0n) is 50.1. The fourth-order valence-electron chi connectivity index (χ4n) is 9.35. The molecular formula is C61H70FN7O23. The Morgan fingerprint density at radius 2 is 1.08 bits per heavy atom. The van der Waals surface area contributed by atoms with E-state index in [2.05, 4.69) is 40.0 Å². The molecule has 11 N–H and O–H groups in total. The first-order chi connectivity index (χ1) is 43.8. The summed E-state index contributed by atoms with van der Waals surface area (Å²) in [4.78, 5) is 132. The maximum absolute atomic E-state index is 14.9. The number of para-hydroxylation sites is 2. The minimum Gasteiger partial charge on any atom is -0.504 e. The van der Waals surface area contributed by atoms with Gasteiger partial charge in [0.25, 0.3) is 23.6 Å². The Labute approximate surface area is 523 Å². The lowest BCUT2D eigenvalue weighted by atomic mass is 10.1. The van der Waals surface area contributed by atoms with Gasteiger partial charge in [-0.2, -0.15) is 0 Å². The van der Waals surface area contributed by atoms with Crippen LogP contribution in [-0.2, 0) is 47.6 Å². The van der Waals surface area contributed by atoms with Gasteiger partial charge in [0.1, 0.15) is 37.0 Å². The molecule has 0 bridgehead atoms. The number of nitrogens with one attached hydrogen (secondary N) is 4. The summed E-state index contributed by atoms with van der Waals surface area (Å²) in [6.45, 7) is 7.02. The third-order valence-electron chi connectivity index (χ3n) is 14.6. The largest absolute Gasteiger partial charge is 0.504 e. The molecule has 92 heavy (non-hydrogen) atoms. The molecule has 494 valence electrons. The highest BCUT2D eigenvalue weighted by Crippen LogP contribution is 2.39. The number of hydrogen-bond acceptors (Lipinski definition) is 24. The Hall–Kier alpha value is -10.1. The second-order valence-electron chi connectivity index (χ2n) is 21.5. The van der Waals surface area contributed by atoms with Crippen molar-refractivity contribution in [2.75, 3.05) is 97.1 Å². The molecule has 30 nitrogen and oxygen atoms in total. The Morgan fingerprint density at radius 1 is 0.598 bits per heavy atom. The lowest BCUT2D eigenvalue weighted by Gasteiger charge is -2.38. The number of pyridine rings is 1. The Bertz CT molecular complexity index is 3580. The first-order valence-corrected chi connectivity index (χ1v) is 29.0. The molecule has 4 aromatic carbocycles. The van der Waals surface area contributed by atoms with E-state index in [0.717, 1.165) is 75.4 Å². The molecular weight excluding hydrogens is 1220 g/mol. The minimum atomic E-state index is -2.00. The lowest BCUT2D eigenvalue weighted by Crippen LogP contribution is -2.52. The third-order valence-corrected chi connectivity index (χ3v) is 14.6. The first kappa shape index (κ1) is 69.4. The molecule has 1 saturated carbocycles. The van der Waals surface area contributed by atoms with Gasteiger partial charge in [-0.05, 0) is 82.1 Å². The van der Waals surface area contributed by atoms with Gasteiger partial charge in [-0.1, -0.05) is 12.1 Å². The molecule has 1 aromatic heterocycles. The molecule has 31 heteroatoms. The Morgan fingerprint density at radius 3 is 1.55 bits per heavy atom. The summed E-state index contributed by atoms with van der Waals surface area (Å²) < 4.78 is 48.2. The molecule has 2 aliphatic heterocycles. The number of phenolic OH excluding ortho intramolecular Hbond substituents is 6. The number of cyclic esters (lactones) is 3. The van der Waals surface area contributed by atoms with Crippen LogP contribution in [0.5, 0.6) is 34.5 Å². The van der Waals surface area contributed by atoms with Crippen molar-refractivity contribution in [1.29, 1.82) is 0 Å². The average molecular weight is 1290 g/mol. The number of ketones is 1. The number of benzene rings is 4. The molecule has 0 radical (unpaired) electrons. The standard InChI is InChI=1S/C41H46N4O20.C20H24FN3O3/c1-21(46)8-10-60-12-14-62-15-13-61-11-9-42-35(53)22-16-25(34(52)31(49)17-22)38(56)45-28-20-65-40(58)26(43-36(54)23-4-2-6-29(47)32(23)50)18-63-39(57)27(19-64-41(28)59)44-37(55)24-5-3-7-30(48)33(24)51;1-12(2)22-5-7-23(8-6-22)18-10-17-14(9-16(18)21)19(25)15(20(26)27)11-24(17)13-3-4-13/h2-7,16-17,26-28,47-52H,8-15,18-20H2,1H3,(H,42,53)(H,43,54)(H,44,55)(H,45,56);9-13H,3-8H2,1-2H3,(H,26,27)/t26-,27-,28-;/m0./s1. The van der Waals surface area contributed by atoms with Crippen molar-refractivity contribution < 1.29 is 112 Å². The topological polar surface area (TPSA) is 427 Å². The van der Waals surface area contributed by atoms with Gasteiger partial charge >= 0.3 is 23.9 Å². The number of carbonyl (C=O) groups is 9. The van der Waals surface area contributed by atoms with E-state index in [1.807, 2.05) is 9.47 Å². The number of rotatable bonds is 23. The smallest absolute Gasteiger partial charge is 0.341 e. The number of aromatic hydroxyl groups is 6. The van der Waals surface area contributed by atoms with Crippen molar-refractivity contribution in [2.24, 2.45) is 0 Å². The van der Waals surface area contributed by atoms with Crippen molar-refractivity contribution in [3.8, 4) is 34.5 Å². The van der Waals surface area contributed by atoms with Gasteiger partial charge in [0.05, 0.1) is 67.5 Å². The highest BCUT2D eigenvalue weighted by atomic mass is 19.1. The fraction of sp³-hybridized carbons (Fsp3) is 0.410. The predicted octanol–water partition coefficient (Wildman–Crippen LogP) is 1.72. The van der Waals surface area contributed by atoms with Crippen LogP contribution in [0.4, 0.5) is 10.1 Å². The Balaban J connectivity index is 0.000000365. The number of nitrogens with zero attached hydrogens (tertiary/aromatic N) is 3. The molecule has 5 aromatic rings. The lowest BCUT2D eigenvalue weighted by molar-refractivity contribution is -0.160. The number of hydrogen-bond donors (Lipinski definition) is 11. The van der Waals surface area contributed by atoms with Gasteiger partial charge in [0.2, 0.25) is 5.43 Å². The van der Waals surface area contributed by atoms with Crippen molar-refractivity contribution in [2.45, 2.75) is 70.2 Å².